The van der Waals surface area contributed by atoms with Crippen LogP contribution in [0.15, 0.2) is 81.7 Å². The van der Waals surface area contributed by atoms with Gasteiger partial charge in [-0.2, -0.15) is 0 Å². The zero-order valence-corrected chi connectivity index (χ0v) is 14.4. The van der Waals surface area contributed by atoms with E-state index in [1.807, 2.05) is 60.7 Å². The Morgan fingerprint density at radius 2 is 1.58 bits per heavy atom. The van der Waals surface area contributed by atoms with Crippen LogP contribution in [-0.4, -0.2) is 4.98 Å². The van der Waals surface area contributed by atoms with Gasteiger partial charge in [-0.3, -0.25) is 0 Å². The third kappa shape index (κ3) is 3.17. The van der Waals surface area contributed by atoms with E-state index in [4.69, 9.17) is 4.42 Å². The molecule has 0 amide bonds. The fourth-order valence-corrected chi connectivity index (χ4v) is 2.83. The van der Waals surface area contributed by atoms with Crippen LogP contribution in [0.4, 0.5) is 0 Å². The van der Waals surface area contributed by atoms with Gasteiger partial charge in [0.15, 0.2) is 5.58 Å². The molecule has 0 N–H and O–H groups in total. The van der Waals surface area contributed by atoms with Crippen molar-refractivity contribution in [1.29, 1.82) is 0 Å². The van der Waals surface area contributed by atoms with Crippen molar-refractivity contribution in [2.75, 3.05) is 0 Å². The number of aromatic nitrogens is 1. The minimum atomic E-state index is 0.609. The van der Waals surface area contributed by atoms with Crippen LogP contribution in [0.3, 0.4) is 0 Å². The lowest BCUT2D eigenvalue weighted by molar-refractivity contribution is 0.590. The van der Waals surface area contributed by atoms with Gasteiger partial charge in [0.25, 0.3) is 0 Å². The highest BCUT2D eigenvalue weighted by molar-refractivity contribution is 9.10. The van der Waals surface area contributed by atoms with Crippen LogP contribution >= 0.6 is 15.9 Å². The van der Waals surface area contributed by atoms with Crippen molar-refractivity contribution >= 4 is 39.2 Å². The molecule has 4 rings (SSSR count). The standard InChI is InChI=1S/C21H14BrNO/c22-18-10-6-15(7-11-18)8-13-21-23-19-14-17(9-12-20(19)24-21)16-4-2-1-3-5-16/h1-14H. The highest BCUT2D eigenvalue weighted by Gasteiger charge is 2.05. The number of benzene rings is 3. The summed E-state index contributed by atoms with van der Waals surface area (Å²) >= 11 is 3.44. The first-order chi connectivity index (χ1) is 11.8. The molecule has 0 saturated heterocycles. The van der Waals surface area contributed by atoms with Crippen molar-refractivity contribution in [3.8, 4) is 11.1 Å². The Hall–Kier alpha value is -2.65. The fourth-order valence-electron chi connectivity index (χ4n) is 2.57. The topological polar surface area (TPSA) is 26.0 Å². The second kappa shape index (κ2) is 6.46. The smallest absolute Gasteiger partial charge is 0.220 e. The van der Waals surface area contributed by atoms with E-state index in [1.165, 1.54) is 5.56 Å². The van der Waals surface area contributed by atoms with E-state index in [1.54, 1.807) is 0 Å². The van der Waals surface area contributed by atoms with Crippen molar-refractivity contribution < 1.29 is 4.42 Å². The lowest BCUT2D eigenvalue weighted by Crippen LogP contribution is -1.77. The molecular formula is C21H14BrNO. The molecule has 1 aromatic heterocycles. The molecule has 116 valence electrons. The highest BCUT2D eigenvalue weighted by atomic mass is 79.9. The first-order valence-corrected chi connectivity index (χ1v) is 8.47. The molecule has 0 spiro atoms. The number of oxazole rings is 1. The van der Waals surface area contributed by atoms with E-state index < -0.39 is 0 Å². The zero-order valence-electron chi connectivity index (χ0n) is 12.8. The van der Waals surface area contributed by atoms with Gasteiger partial charge in [0.1, 0.15) is 5.52 Å². The van der Waals surface area contributed by atoms with Gasteiger partial charge in [0.05, 0.1) is 0 Å². The summed E-state index contributed by atoms with van der Waals surface area (Å²) in [7, 11) is 0. The van der Waals surface area contributed by atoms with E-state index in [9.17, 15) is 0 Å². The Bertz CT molecular complexity index is 1000. The Kier molecular flexibility index (Phi) is 4.01. The van der Waals surface area contributed by atoms with Crippen molar-refractivity contribution in [3.63, 3.8) is 0 Å². The Morgan fingerprint density at radius 3 is 2.38 bits per heavy atom. The predicted molar refractivity (Wildman–Crippen MR) is 103 cm³/mol. The maximum atomic E-state index is 5.80. The van der Waals surface area contributed by atoms with Gasteiger partial charge in [-0.25, -0.2) is 4.98 Å². The average Bonchev–Trinajstić information content (AvgIpc) is 3.04. The van der Waals surface area contributed by atoms with E-state index in [0.717, 1.165) is 26.7 Å². The fraction of sp³-hybridized carbons (Fsp3) is 0. The minimum absolute atomic E-state index is 0.609. The van der Waals surface area contributed by atoms with E-state index in [2.05, 4.69) is 45.2 Å². The Balaban J connectivity index is 1.64. The van der Waals surface area contributed by atoms with Crippen molar-refractivity contribution in [1.82, 2.24) is 4.98 Å². The molecule has 0 aliphatic rings. The number of hydrogen-bond acceptors (Lipinski definition) is 2. The Morgan fingerprint density at radius 1 is 0.792 bits per heavy atom. The van der Waals surface area contributed by atoms with E-state index in [0.29, 0.717) is 5.89 Å². The SMILES string of the molecule is Brc1ccc(C=Cc2nc3cc(-c4ccccc4)ccc3o2)cc1. The summed E-state index contributed by atoms with van der Waals surface area (Å²) in [4.78, 5) is 4.57. The summed E-state index contributed by atoms with van der Waals surface area (Å²) in [5.41, 5.74) is 5.08. The van der Waals surface area contributed by atoms with Crippen LogP contribution in [0.5, 0.6) is 0 Å². The summed E-state index contributed by atoms with van der Waals surface area (Å²) in [6.45, 7) is 0. The molecule has 0 aliphatic heterocycles. The third-order valence-electron chi connectivity index (χ3n) is 3.80. The van der Waals surface area contributed by atoms with Crippen LogP contribution in [0.2, 0.25) is 0 Å². The number of fused-ring (bicyclic) bond motifs is 1. The van der Waals surface area contributed by atoms with Gasteiger partial charge in [-0.15, -0.1) is 0 Å². The summed E-state index contributed by atoms with van der Waals surface area (Å²) < 4.78 is 6.86. The molecule has 0 bridgehead atoms. The van der Waals surface area contributed by atoms with Crippen molar-refractivity contribution in [3.05, 3.63) is 88.7 Å². The molecule has 24 heavy (non-hydrogen) atoms. The molecule has 0 saturated carbocycles. The average molecular weight is 376 g/mol. The molecule has 1 heterocycles. The molecule has 3 heteroatoms. The number of rotatable bonds is 3. The number of nitrogens with zero attached hydrogens (tertiary/aromatic N) is 1. The highest BCUT2D eigenvalue weighted by Crippen LogP contribution is 2.25. The summed E-state index contributed by atoms with van der Waals surface area (Å²) in [5.74, 6) is 0.609. The monoisotopic (exact) mass is 375 g/mol. The van der Waals surface area contributed by atoms with E-state index in [-0.39, 0.29) is 0 Å². The van der Waals surface area contributed by atoms with Crippen LogP contribution in [0, 0.1) is 0 Å². The van der Waals surface area contributed by atoms with Crippen LogP contribution < -0.4 is 0 Å². The molecular weight excluding hydrogens is 362 g/mol. The minimum Gasteiger partial charge on any atom is -0.437 e. The molecule has 0 radical (unpaired) electrons. The number of halogens is 1. The first kappa shape index (κ1) is 14.9. The lowest BCUT2D eigenvalue weighted by atomic mass is 10.1. The van der Waals surface area contributed by atoms with Gasteiger partial charge in [-0.1, -0.05) is 64.5 Å². The zero-order chi connectivity index (χ0) is 16.4. The molecule has 0 unspecified atom stereocenters. The number of hydrogen-bond donors (Lipinski definition) is 0. The third-order valence-corrected chi connectivity index (χ3v) is 4.33. The molecule has 0 aliphatic carbocycles. The molecule has 4 aromatic rings. The largest absolute Gasteiger partial charge is 0.437 e. The Labute approximate surface area is 148 Å². The molecule has 2 nitrogen and oxygen atoms in total. The predicted octanol–water partition coefficient (Wildman–Crippen LogP) is 6.43. The molecule has 3 aromatic carbocycles. The van der Waals surface area contributed by atoms with Crippen LogP contribution in [0.1, 0.15) is 11.5 Å². The van der Waals surface area contributed by atoms with E-state index >= 15 is 0 Å². The summed E-state index contributed by atoms with van der Waals surface area (Å²) in [6, 6.07) is 24.5. The summed E-state index contributed by atoms with van der Waals surface area (Å²) in [5, 5.41) is 0. The maximum absolute atomic E-state index is 5.80. The quantitative estimate of drug-likeness (QED) is 0.412. The van der Waals surface area contributed by atoms with Gasteiger partial charge in [-0.05, 0) is 47.0 Å². The summed E-state index contributed by atoms with van der Waals surface area (Å²) in [6.07, 6.45) is 3.89. The molecule has 0 atom stereocenters. The van der Waals surface area contributed by atoms with Crippen LogP contribution in [-0.2, 0) is 0 Å². The normalized spacial score (nSPS) is 11.4. The second-order valence-corrected chi connectivity index (χ2v) is 6.40. The van der Waals surface area contributed by atoms with Crippen molar-refractivity contribution in [2.24, 2.45) is 0 Å². The maximum Gasteiger partial charge on any atom is 0.220 e. The van der Waals surface area contributed by atoms with Crippen LogP contribution in [0.25, 0.3) is 34.4 Å². The lowest BCUT2D eigenvalue weighted by Gasteiger charge is -1.99. The van der Waals surface area contributed by atoms with Gasteiger partial charge < -0.3 is 4.42 Å². The first-order valence-electron chi connectivity index (χ1n) is 7.68. The van der Waals surface area contributed by atoms with Gasteiger partial charge in [0.2, 0.25) is 5.89 Å². The van der Waals surface area contributed by atoms with Gasteiger partial charge >= 0.3 is 0 Å². The molecule has 0 fully saturated rings. The second-order valence-electron chi connectivity index (χ2n) is 5.49. The van der Waals surface area contributed by atoms with Crippen molar-refractivity contribution in [2.45, 2.75) is 0 Å². The van der Waals surface area contributed by atoms with Gasteiger partial charge in [0, 0.05) is 10.5 Å².